The second-order valence-electron chi connectivity index (χ2n) is 7.23. The van der Waals surface area contributed by atoms with Gasteiger partial charge in [-0.05, 0) is 50.9 Å². The number of nitrogens with zero attached hydrogens (tertiary/aromatic N) is 5. The van der Waals surface area contributed by atoms with E-state index < -0.39 is 0 Å². The number of amides is 1. The third kappa shape index (κ3) is 6.19. The topological polar surface area (TPSA) is 116 Å². The van der Waals surface area contributed by atoms with Crippen LogP contribution in [0.25, 0.3) is 5.69 Å². The Morgan fingerprint density at radius 3 is 2.68 bits per heavy atom. The number of carbonyl (C=O) groups is 1. The number of carbonyl (C=O) groups excluding carboxylic acids is 1. The maximum absolute atomic E-state index is 12.3. The summed E-state index contributed by atoms with van der Waals surface area (Å²) in [4.78, 5) is 12.3. The highest BCUT2D eigenvalue weighted by molar-refractivity contribution is 5.91. The quantitative estimate of drug-likeness (QED) is 0.459. The van der Waals surface area contributed by atoms with Crippen molar-refractivity contribution in [3.8, 4) is 5.69 Å². The molecule has 4 N–H and O–H groups in total. The standard InChI is InChI=1S/C20H26N8O.2ClH/c21-19-13-15(25-28(19)17-6-2-1-3-7-17)5-4-10-23-20(29)18-14-27(26-24-18)16-8-11-22-12-9-16;;/h1-3,6-7,13-14,16,22H,4-5,8-12,21H2,(H,23,29);2*1H. The zero-order valence-electron chi connectivity index (χ0n) is 17.1. The number of benzene rings is 1. The van der Waals surface area contributed by atoms with Crippen LogP contribution in [0.15, 0.2) is 42.6 Å². The van der Waals surface area contributed by atoms with Crippen molar-refractivity contribution in [1.82, 2.24) is 35.4 Å². The molecule has 0 aliphatic carbocycles. The molecule has 1 aliphatic heterocycles. The minimum absolute atomic E-state index is 0. The van der Waals surface area contributed by atoms with E-state index >= 15 is 0 Å². The van der Waals surface area contributed by atoms with Gasteiger partial charge in [0.15, 0.2) is 5.69 Å². The Morgan fingerprint density at radius 1 is 1.19 bits per heavy atom. The largest absolute Gasteiger partial charge is 0.384 e. The normalized spacial score (nSPS) is 13.8. The van der Waals surface area contributed by atoms with E-state index in [0.29, 0.717) is 24.1 Å². The van der Waals surface area contributed by atoms with Crippen LogP contribution in [0.3, 0.4) is 0 Å². The third-order valence-electron chi connectivity index (χ3n) is 5.11. The highest BCUT2D eigenvalue weighted by Crippen LogP contribution is 2.17. The monoisotopic (exact) mass is 466 g/mol. The van der Waals surface area contributed by atoms with Crippen LogP contribution in [0.1, 0.15) is 41.5 Å². The number of para-hydroxylation sites is 1. The molecule has 3 heterocycles. The van der Waals surface area contributed by atoms with Crippen molar-refractivity contribution in [2.45, 2.75) is 31.7 Å². The lowest BCUT2D eigenvalue weighted by molar-refractivity contribution is 0.0948. The molecule has 0 saturated carbocycles. The van der Waals surface area contributed by atoms with Gasteiger partial charge in [0.1, 0.15) is 5.82 Å². The summed E-state index contributed by atoms with van der Waals surface area (Å²) < 4.78 is 3.54. The lowest BCUT2D eigenvalue weighted by Gasteiger charge is -2.22. The molecule has 31 heavy (non-hydrogen) atoms. The fraction of sp³-hybridized carbons (Fsp3) is 0.400. The zero-order valence-corrected chi connectivity index (χ0v) is 18.7. The third-order valence-corrected chi connectivity index (χ3v) is 5.11. The van der Waals surface area contributed by atoms with Crippen molar-refractivity contribution in [1.29, 1.82) is 0 Å². The van der Waals surface area contributed by atoms with Crippen LogP contribution >= 0.6 is 24.8 Å². The first-order valence-corrected chi connectivity index (χ1v) is 10.0. The van der Waals surface area contributed by atoms with Crippen molar-refractivity contribution in [2.24, 2.45) is 0 Å². The Hall–Kier alpha value is -2.62. The Kier molecular flexibility index (Phi) is 9.29. The summed E-state index contributed by atoms with van der Waals surface area (Å²) in [5.41, 5.74) is 8.27. The number of aromatic nitrogens is 5. The maximum atomic E-state index is 12.3. The van der Waals surface area contributed by atoms with Gasteiger partial charge in [0, 0.05) is 12.6 Å². The van der Waals surface area contributed by atoms with Crippen molar-refractivity contribution >= 4 is 36.5 Å². The number of rotatable bonds is 7. The molecule has 0 unspecified atom stereocenters. The molecular weight excluding hydrogens is 439 g/mol. The van der Waals surface area contributed by atoms with Crippen LogP contribution in [0, 0.1) is 0 Å². The summed E-state index contributed by atoms with van der Waals surface area (Å²) in [5.74, 6) is 0.407. The van der Waals surface area contributed by atoms with Gasteiger partial charge in [-0.15, -0.1) is 29.9 Å². The Bertz CT molecular complexity index is 953. The first kappa shape index (κ1) is 24.6. The van der Waals surface area contributed by atoms with E-state index in [1.54, 1.807) is 10.9 Å². The lowest BCUT2D eigenvalue weighted by atomic mass is 10.1. The molecule has 1 fully saturated rings. The van der Waals surface area contributed by atoms with E-state index in [2.05, 4.69) is 26.0 Å². The van der Waals surface area contributed by atoms with Crippen molar-refractivity contribution in [3.63, 3.8) is 0 Å². The van der Waals surface area contributed by atoms with E-state index in [4.69, 9.17) is 5.73 Å². The van der Waals surface area contributed by atoms with Gasteiger partial charge in [-0.25, -0.2) is 9.36 Å². The van der Waals surface area contributed by atoms with Crippen LogP contribution in [-0.4, -0.2) is 50.3 Å². The number of hydrogen-bond acceptors (Lipinski definition) is 6. The number of piperidine rings is 1. The molecule has 0 spiro atoms. The number of aryl methyl sites for hydroxylation is 1. The van der Waals surface area contributed by atoms with Gasteiger partial charge in [0.05, 0.1) is 23.6 Å². The molecule has 1 aliphatic rings. The molecule has 1 saturated heterocycles. The minimum Gasteiger partial charge on any atom is -0.384 e. The summed E-state index contributed by atoms with van der Waals surface area (Å²) in [7, 11) is 0. The van der Waals surface area contributed by atoms with Gasteiger partial charge < -0.3 is 16.4 Å². The first-order chi connectivity index (χ1) is 14.2. The van der Waals surface area contributed by atoms with E-state index in [-0.39, 0.29) is 30.7 Å². The van der Waals surface area contributed by atoms with Crippen LogP contribution in [0.4, 0.5) is 5.82 Å². The highest BCUT2D eigenvalue weighted by atomic mass is 35.5. The van der Waals surface area contributed by atoms with E-state index in [1.807, 2.05) is 41.1 Å². The number of halogens is 2. The average Bonchev–Trinajstić information content (AvgIpc) is 3.39. The number of nitrogens with two attached hydrogens (primary N) is 1. The lowest BCUT2D eigenvalue weighted by Crippen LogP contribution is -2.29. The van der Waals surface area contributed by atoms with Crippen molar-refractivity contribution in [3.05, 3.63) is 54.0 Å². The molecule has 0 atom stereocenters. The highest BCUT2D eigenvalue weighted by Gasteiger charge is 2.18. The van der Waals surface area contributed by atoms with E-state index in [1.165, 1.54) is 0 Å². The summed E-state index contributed by atoms with van der Waals surface area (Å²) in [5, 5.41) is 18.9. The summed E-state index contributed by atoms with van der Waals surface area (Å²) in [6, 6.07) is 12.0. The molecule has 1 amide bonds. The smallest absolute Gasteiger partial charge is 0.273 e. The molecule has 4 rings (SSSR count). The van der Waals surface area contributed by atoms with Gasteiger partial charge in [-0.1, -0.05) is 23.4 Å². The van der Waals surface area contributed by atoms with Gasteiger partial charge >= 0.3 is 0 Å². The maximum Gasteiger partial charge on any atom is 0.273 e. The van der Waals surface area contributed by atoms with E-state index in [9.17, 15) is 4.79 Å². The Balaban J connectivity index is 0.00000171. The number of nitrogens with one attached hydrogen (secondary N) is 2. The Morgan fingerprint density at radius 2 is 1.94 bits per heavy atom. The minimum atomic E-state index is -0.195. The second kappa shape index (κ2) is 11.7. The molecule has 1 aromatic carbocycles. The number of hydrogen-bond donors (Lipinski definition) is 3. The zero-order chi connectivity index (χ0) is 20.1. The van der Waals surface area contributed by atoms with Crippen LogP contribution in [0.2, 0.25) is 0 Å². The van der Waals surface area contributed by atoms with Gasteiger partial charge in [0.2, 0.25) is 0 Å². The molecule has 168 valence electrons. The van der Waals surface area contributed by atoms with Gasteiger partial charge in [-0.2, -0.15) is 5.10 Å². The van der Waals surface area contributed by atoms with Crippen LogP contribution in [0.5, 0.6) is 0 Å². The molecular formula is C20H28Cl2N8O. The average molecular weight is 467 g/mol. The van der Waals surface area contributed by atoms with Crippen molar-refractivity contribution < 1.29 is 4.79 Å². The van der Waals surface area contributed by atoms with Crippen LogP contribution < -0.4 is 16.4 Å². The SMILES string of the molecule is Cl.Cl.Nc1cc(CCCNC(=O)c2cn(C3CCNCC3)nn2)nn1-c1ccccc1. The summed E-state index contributed by atoms with van der Waals surface area (Å²) >= 11 is 0. The second-order valence-corrected chi connectivity index (χ2v) is 7.23. The molecule has 3 aromatic rings. The number of anilines is 1. The van der Waals surface area contributed by atoms with Gasteiger partial charge in [-0.3, -0.25) is 4.79 Å². The van der Waals surface area contributed by atoms with E-state index in [0.717, 1.165) is 50.2 Å². The number of nitrogen functional groups attached to an aromatic ring is 1. The molecule has 0 radical (unpaired) electrons. The predicted octanol–water partition coefficient (Wildman–Crippen LogP) is 2.18. The summed E-state index contributed by atoms with van der Waals surface area (Å²) in [6.45, 7) is 2.48. The first-order valence-electron chi connectivity index (χ1n) is 10.0. The molecule has 9 nitrogen and oxygen atoms in total. The predicted molar refractivity (Wildman–Crippen MR) is 124 cm³/mol. The molecule has 11 heteroatoms. The molecule has 2 aromatic heterocycles. The van der Waals surface area contributed by atoms with Crippen LogP contribution in [-0.2, 0) is 6.42 Å². The summed E-state index contributed by atoms with van der Waals surface area (Å²) in [6.07, 6.45) is 5.24. The Labute approximate surface area is 193 Å². The fourth-order valence-electron chi connectivity index (χ4n) is 3.54. The van der Waals surface area contributed by atoms with Crippen molar-refractivity contribution in [2.75, 3.05) is 25.4 Å². The molecule has 0 bridgehead atoms. The fourth-order valence-corrected chi connectivity index (χ4v) is 3.54. The van der Waals surface area contributed by atoms with Gasteiger partial charge in [0.25, 0.3) is 5.91 Å².